The van der Waals surface area contributed by atoms with E-state index in [-0.39, 0.29) is 6.10 Å². The van der Waals surface area contributed by atoms with Crippen molar-refractivity contribution in [2.45, 2.75) is 142 Å². The van der Waals surface area contributed by atoms with E-state index in [1.54, 1.807) is 0 Å². The topological polar surface area (TPSA) is 21.7 Å². The van der Waals surface area contributed by atoms with Gasteiger partial charge in [-0.25, -0.2) is 0 Å². The van der Waals surface area contributed by atoms with Gasteiger partial charge in [-0.3, -0.25) is 0 Å². The number of hydrogen-bond donors (Lipinski definition) is 0. The Kier molecular flexibility index (Phi) is 32.1. The molecule has 228 valence electrons. The zero-order valence-electron chi connectivity index (χ0n) is 26.7. The third kappa shape index (κ3) is 32.9. The molecule has 0 fully saturated rings. The molecule has 0 N–H and O–H groups in total. The summed E-state index contributed by atoms with van der Waals surface area (Å²) in [6.45, 7) is 7.81. The summed E-state index contributed by atoms with van der Waals surface area (Å²) in [6.07, 6.45) is 42.4. The number of likely N-dealkylation sites (N-methyl/N-ethyl adjacent to an activating group) is 1. The van der Waals surface area contributed by atoms with E-state index in [4.69, 9.17) is 9.47 Å². The average molecular weight is 546 g/mol. The predicted molar refractivity (Wildman–Crippen MR) is 175 cm³/mol. The van der Waals surface area contributed by atoms with E-state index in [0.29, 0.717) is 0 Å². The van der Waals surface area contributed by atoms with Gasteiger partial charge >= 0.3 is 0 Å². The molecule has 39 heavy (non-hydrogen) atoms. The van der Waals surface area contributed by atoms with Gasteiger partial charge < -0.3 is 14.4 Å². The summed E-state index contributed by atoms with van der Waals surface area (Å²) in [5.74, 6) is 0. The van der Waals surface area contributed by atoms with Crippen LogP contribution in [0.15, 0.2) is 48.6 Å². The van der Waals surface area contributed by atoms with Gasteiger partial charge in [-0.05, 0) is 78.3 Å². The van der Waals surface area contributed by atoms with E-state index < -0.39 is 0 Å². The quantitative estimate of drug-likeness (QED) is 0.0662. The molecule has 0 aliphatic heterocycles. The Morgan fingerprint density at radius 1 is 0.538 bits per heavy atom. The van der Waals surface area contributed by atoms with E-state index in [1.165, 1.54) is 96.3 Å². The minimum atomic E-state index is 0.190. The number of allylic oxidation sites excluding steroid dienone is 8. The Morgan fingerprint density at radius 2 is 1.03 bits per heavy atom. The summed E-state index contributed by atoms with van der Waals surface area (Å²) in [7, 11) is 4.24. The highest BCUT2D eigenvalue weighted by atomic mass is 16.5. The van der Waals surface area contributed by atoms with Crippen molar-refractivity contribution in [3.8, 4) is 0 Å². The molecule has 0 amide bonds. The van der Waals surface area contributed by atoms with Crippen LogP contribution in [-0.4, -0.2) is 51.5 Å². The van der Waals surface area contributed by atoms with Crippen molar-refractivity contribution in [2.24, 2.45) is 0 Å². The summed E-state index contributed by atoms with van der Waals surface area (Å²) in [5.41, 5.74) is 0. The van der Waals surface area contributed by atoms with Gasteiger partial charge in [0.05, 0.1) is 12.7 Å². The summed E-state index contributed by atoms with van der Waals surface area (Å²) in [6, 6.07) is 0. The first-order valence-corrected chi connectivity index (χ1v) is 16.6. The highest BCUT2D eigenvalue weighted by molar-refractivity contribution is 4.96. The standard InChI is InChI=1S/C36H67NO2/c1-5-7-9-11-13-15-17-18-19-20-21-23-25-27-29-31-33-39-36(34-37(3)4)35-38-32-30-28-26-24-22-16-14-12-10-8-6-2/h7,9-10,12-13,15,18-19,36H,5-6,8,11,14,16-17,20-35H2,1-4H3/b9-7-,12-10-,15-13-,19-18-. The Hall–Kier alpha value is -1.16. The lowest BCUT2D eigenvalue weighted by Crippen LogP contribution is -2.32. The maximum atomic E-state index is 6.19. The second kappa shape index (κ2) is 33.0. The van der Waals surface area contributed by atoms with Gasteiger partial charge in [-0.15, -0.1) is 0 Å². The molecule has 0 saturated carbocycles. The lowest BCUT2D eigenvalue weighted by Gasteiger charge is -2.21. The van der Waals surface area contributed by atoms with Crippen LogP contribution in [0, 0.1) is 0 Å². The Labute approximate surface area is 245 Å². The molecular weight excluding hydrogens is 478 g/mol. The van der Waals surface area contributed by atoms with Gasteiger partial charge in [0.1, 0.15) is 0 Å². The summed E-state index contributed by atoms with van der Waals surface area (Å²) in [5, 5.41) is 0. The molecule has 0 aromatic rings. The molecule has 3 nitrogen and oxygen atoms in total. The second-order valence-corrected chi connectivity index (χ2v) is 11.2. The molecule has 3 heteroatoms. The number of rotatable bonds is 30. The highest BCUT2D eigenvalue weighted by Crippen LogP contribution is 2.10. The maximum absolute atomic E-state index is 6.19. The lowest BCUT2D eigenvalue weighted by molar-refractivity contribution is -0.0287. The lowest BCUT2D eigenvalue weighted by atomic mass is 10.1. The molecule has 0 aliphatic carbocycles. The molecule has 0 saturated heterocycles. The normalized spacial score (nSPS) is 13.4. The molecule has 0 spiro atoms. The zero-order valence-corrected chi connectivity index (χ0v) is 26.7. The minimum Gasteiger partial charge on any atom is -0.379 e. The van der Waals surface area contributed by atoms with E-state index in [1.807, 2.05) is 0 Å². The number of ether oxygens (including phenoxy) is 2. The van der Waals surface area contributed by atoms with Gasteiger partial charge in [-0.1, -0.05) is 120 Å². The highest BCUT2D eigenvalue weighted by Gasteiger charge is 2.10. The van der Waals surface area contributed by atoms with E-state index in [9.17, 15) is 0 Å². The third-order valence-electron chi connectivity index (χ3n) is 6.80. The van der Waals surface area contributed by atoms with Crippen molar-refractivity contribution in [3.05, 3.63) is 48.6 Å². The molecule has 0 bridgehead atoms. The van der Waals surface area contributed by atoms with Gasteiger partial charge in [0, 0.05) is 19.8 Å². The van der Waals surface area contributed by atoms with Crippen molar-refractivity contribution in [3.63, 3.8) is 0 Å². The first-order chi connectivity index (χ1) is 19.2. The van der Waals surface area contributed by atoms with Crippen LogP contribution in [0.5, 0.6) is 0 Å². The fraction of sp³-hybridized carbons (Fsp3) is 0.778. The molecule has 0 heterocycles. The van der Waals surface area contributed by atoms with Crippen LogP contribution in [-0.2, 0) is 9.47 Å². The minimum absolute atomic E-state index is 0.190. The largest absolute Gasteiger partial charge is 0.379 e. The smallest absolute Gasteiger partial charge is 0.0934 e. The van der Waals surface area contributed by atoms with Crippen LogP contribution in [0.1, 0.15) is 136 Å². The molecule has 1 atom stereocenters. The SMILES string of the molecule is CC/C=C\C/C=C\C/C=C\CCCCCCCCOC(COCCCCCCCC/C=C\CCC)CN(C)C. The monoisotopic (exact) mass is 546 g/mol. The van der Waals surface area contributed by atoms with Crippen molar-refractivity contribution in [1.29, 1.82) is 0 Å². The first-order valence-electron chi connectivity index (χ1n) is 16.6. The summed E-state index contributed by atoms with van der Waals surface area (Å²) < 4.78 is 12.2. The van der Waals surface area contributed by atoms with Crippen LogP contribution in [0.25, 0.3) is 0 Å². The van der Waals surface area contributed by atoms with Crippen LogP contribution in [0.3, 0.4) is 0 Å². The predicted octanol–water partition coefficient (Wildman–Crippen LogP) is 10.6. The number of unbranched alkanes of at least 4 members (excludes halogenated alkanes) is 13. The van der Waals surface area contributed by atoms with Gasteiger partial charge in [-0.2, -0.15) is 0 Å². The second-order valence-electron chi connectivity index (χ2n) is 11.2. The molecule has 0 aromatic heterocycles. The van der Waals surface area contributed by atoms with E-state index >= 15 is 0 Å². The molecule has 0 aromatic carbocycles. The molecule has 1 unspecified atom stereocenters. The average Bonchev–Trinajstić information content (AvgIpc) is 2.92. The zero-order chi connectivity index (χ0) is 28.5. The van der Waals surface area contributed by atoms with Gasteiger partial charge in [0.15, 0.2) is 0 Å². The fourth-order valence-electron chi connectivity index (χ4n) is 4.50. The summed E-state index contributed by atoms with van der Waals surface area (Å²) >= 11 is 0. The third-order valence-corrected chi connectivity index (χ3v) is 6.80. The van der Waals surface area contributed by atoms with Crippen LogP contribution in [0.4, 0.5) is 0 Å². The van der Waals surface area contributed by atoms with Crippen molar-refractivity contribution >= 4 is 0 Å². The number of nitrogens with zero attached hydrogens (tertiary/aromatic N) is 1. The number of hydrogen-bond acceptors (Lipinski definition) is 3. The van der Waals surface area contributed by atoms with Crippen LogP contribution >= 0.6 is 0 Å². The van der Waals surface area contributed by atoms with Crippen LogP contribution in [0.2, 0.25) is 0 Å². The van der Waals surface area contributed by atoms with Crippen molar-refractivity contribution < 1.29 is 9.47 Å². The first kappa shape index (κ1) is 37.8. The molecule has 0 rings (SSSR count). The van der Waals surface area contributed by atoms with Crippen LogP contribution < -0.4 is 0 Å². The van der Waals surface area contributed by atoms with Gasteiger partial charge in [0.25, 0.3) is 0 Å². The Balaban J connectivity index is 3.59. The van der Waals surface area contributed by atoms with Crippen molar-refractivity contribution in [2.75, 3.05) is 40.5 Å². The molecular formula is C36H67NO2. The van der Waals surface area contributed by atoms with Gasteiger partial charge in [0.2, 0.25) is 0 Å². The van der Waals surface area contributed by atoms with E-state index in [0.717, 1.165) is 52.0 Å². The van der Waals surface area contributed by atoms with Crippen molar-refractivity contribution in [1.82, 2.24) is 4.90 Å². The Morgan fingerprint density at radius 3 is 1.62 bits per heavy atom. The fourth-order valence-corrected chi connectivity index (χ4v) is 4.50. The van der Waals surface area contributed by atoms with E-state index in [2.05, 4.69) is 81.5 Å². The molecule has 0 aliphatic rings. The molecule has 0 radical (unpaired) electrons. The Bertz CT molecular complexity index is 579. The summed E-state index contributed by atoms with van der Waals surface area (Å²) in [4.78, 5) is 2.21. The maximum Gasteiger partial charge on any atom is 0.0934 e.